The van der Waals surface area contributed by atoms with Crippen LogP contribution in [-0.4, -0.2) is 37.0 Å². The molecule has 1 aliphatic heterocycles. The Hall–Kier alpha value is -2.96. The predicted molar refractivity (Wildman–Crippen MR) is 129 cm³/mol. The van der Waals surface area contributed by atoms with E-state index in [1.54, 1.807) is 36.4 Å². The molecular weight excluding hydrogens is 458 g/mol. The summed E-state index contributed by atoms with van der Waals surface area (Å²) in [4.78, 5) is 15.4. The van der Waals surface area contributed by atoms with Crippen molar-refractivity contribution in [2.75, 3.05) is 26.2 Å². The van der Waals surface area contributed by atoms with Crippen molar-refractivity contribution in [3.63, 3.8) is 0 Å². The van der Waals surface area contributed by atoms with Gasteiger partial charge in [-0.25, -0.2) is 8.78 Å². The van der Waals surface area contributed by atoms with Crippen LogP contribution in [0.1, 0.15) is 30.0 Å². The fourth-order valence-corrected chi connectivity index (χ4v) is 4.42. The molecule has 1 amide bonds. The van der Waals surface area contributed by atoms with E-state index in [0.717, 1.165) is 19.6 Å². The smallest absolute Gasteiger partial charge is 0.223 e. The molecule has 0 aliphatic carbocycles. The molecule has 1 aliphatic rings. The number of carbonyl (C=O) groups is 1. The van der Waals surface area contributed by atoms with E-state index in [-0.39, 0.29) is 17.6 Å². The van der Waals surface area contributed by atoms with Crippen LogP contribution in [0.3, 0.4) is 0 Å². The van der Waals surface area contributed by atoms with Gasteiger partial charge in [-0.15, -0.1) is 0 Å². The number of ether oxygens (including phenoxy) is 1. The molecule has 0 spiro atoms. The molecule has 1 atom stereocenters. The first-order valence-electron chi connectivity index (χ1n) is 11.4. The third kappa shape index (κ3) is 6.13. The van der Waals surface area contributed by atoms with E-state index in [1.165, 1.54) is 18.2 Å². The average Bonchev–Trinajstić information content (AvgIpc) is 2.85. The zero-order valence-electron chi connectivity index (χ0n) is 18.7. The summed E-state index contributed by atoms with van der Waals surface area (Å²) in [6.07, 6.45) is 1.40. The standard InChI is InChI=1S/C27H27ClF2N2O2/c28-23-6-2-4-8-25(23)34-18-17-32-15-13-20(14-16-32)27(33)31-26(19-9-11-21(29)12-10-19)22-5-1-3-7-24(22)30/h1-12,20,26H,13-18H2,(H,31,33). The minimum Gasteiger partial charge on any atom is -0.491 e. The van der Waals surface area contributed by atoms with Crippen LogP contribution in [0.5, 0.6) is 5.75 Å². The van der Waals surface area contributed by atoms with Crippen molar-refractivity contribution in [1.82, 2.24) is 10.2 Å². The van der Waals surface area contributed by atoms with Crippen LogP contribution in [0.15, 0.2) is 72.8 Å². The first-order valence-corrected chi connectivity index (χ1v) is 11.8. The number of hydrogen-bond donors (Lipinski definition) is 1. The maximum Gasteiger partial charge on any atom is 0.223 e. The van der Waals surface area contributed by atoms with Crippen LogP contribution in [0.25, 0.3) is 0 Å². The van der Waals surface area contributed by atoms with E-state index in [4.69, 9.17) is 16.3 Å². The number of rotatable bonds is 8. The maximum absolute atomic E-state index is 14.6. The van der Waals surface area contributed by atoms with Crippen LogP contribution < -0.4 is 10.1 Å². The molecule has 0 bridgehead atoms. The monoisotopic (exact) mass is 484 g/mol. The number of halogens is 3. The molecule has 34 heavy (non-hydrogen) atoms. The van der Waals surface area contributed by atoms with Crippen molar-refractivity contribution >= 4 is 17.5 Å². The Morgan fingerprint density at radius 1 is 1.00 bits per heavy atom. The van der Waals surface area contributed by atoms with Crippen molar-refractivity contribution in [3.05, 3.63) is 101 Å². The van der Waals surface area contributed by atoms with Crippen LogP contribution in [-0.2, 0) is 4.79 Å². The summed E-state index contributed by atoms with van der Waals surface area (Å²) in [5.41, 5.74) is 0.991. The maximum atomic E-state index is 14.6. The molecule has 7 heteroatoms. The predicted octanol–water partition coefficient (Wildman–Crippen LogP) is 5.61. The number of nitrogens with zero attached hydrogens (tertiary/aromatic N) is 1. The minimum absolute atomic E-state index is 0.121. The van der Waals surface area contributed by atoms with Crippen molar-refractivity contribution < 1.29 is 18.3 Å². The molecule has 0 radical (unpaired) electrons. The second-order valence-corrected chi connectivity index (χ2v) is 8.82. The molecule has 1 unspecified atom stereocenters. The fourth-order valence-electron chi connectivity index (χ4n) is 4.23. The summed E-state index contributed by atoms with van der Waals surface area (Å²) in [6, 6.07) is 18.8. The number of hydrogen-bond acceptors (Lipinski definition) is 3. The van der Waals surface area contributed by atoms with E-state index in [2.05, 4.69) is 10.2 Å². The van der Waals surface area contributed by atoms with Crippen LogP contribution >= 0.6 is 11.6 Å². The van der Waals surface area contributed by atoms with E-state index >= 15 is 0 Å². The van der Waals surface area contributed by atoms with E-state index in [9.17, 15) is 13.6 Å². The minimum atomic E-state index is -0.684. The van der Waals surface area contributed by atoms with Gasteiger partial charge in [0.15, 0.2) is 0 Å². The molecule has 3 aromatic carbocycles. The molecule has 3 aromatic rings. The van der Waals surface area contributed by atoms with Gasteiger partial charge >= 0.3 is 0 Å². The number of nitrogens with one attached hydrogen (secondary N) is 1. The summed E-state index contributed by atoms with van der Waals surface area (Å²) in [7, 11) is 0. The molecule has 1 heterocycles. The van der Waals surface area contributed by atoms with Crippen LogP contribution in [0.4, 0.5) is 8.78 Å². The summed E-state index contributed by atoms with van der Waals surface area (Å²) in [6.45, 7) is 2.79. The summed E-state index contributed by atoms with van der Waals surface area (Å²) >= 11 is 6.12. The Bertz CT molecular complexity index is 1100. The highest BCUT2D eigenvalue weighted by Crippen LogP contribution is 2.27. The third-order valence-corrected chi connectivity index (χ3v) is 6.48. The Kier molecular flexibility index (Phi) is 8.14. The Balaban J connectivity index is 1.33. The molecule has 1 N–H and O–H groups in total. The first-order chi connectivity index (χ1) is 16.5. The number of piperidine rings is 1. The summed E-state index contributed by atoms with van der Waals surface area (Å²) in [5, 5.41) is 3.59. The van der Waals surface area contributed by atoms with Crippen molar-refractivity contribution in [1.29, 1.82) is 0 Å². The Labute approximate surface area is 203 Å². The Morgan fingerprint density at radius 2 is 1.68 bits per heavy atom. The van der Waals surface area contributed by atoms with Crippen LogP contribution in [0, 0.1) is 17.6 Å². The second-order valence-electron chi connectivity index (χ2n) is 8.41. The quantitative estimate of drug-likeness (QED) is 0.451. The van der Waals surface area contributed by atoms with Crippen molar-refractivity contribution in [3.8, 4) is 5.75 Å². The van der Waals surface area contributed by atoms with Gasteiger partial charge in [-0.1, -0.05) is 54.1 Å². The molecule has 4 nitrogen and oxygen atoms in total. The van der Waals surface area contributed by atoms with E-state index in [1.807, 2.05) is 18.2 Å². The largest absolute Gasteiger partial charge is 0.491 e. The van der Waals surface area contributed by atoms with Gasteiger partial charge in [-0.05, 0) is 61.8 Å². The SMILES string of the molecule is O=C(NC(c1ccc(F)cc1)c1ccccc1F)C1CCN(CCOc2ccccc2Cl)CC1. The zero-order chi connectivity index (χ0) is 23.9. The highest BCUT2D eigenvalue weighted by molar-refractivity contribution is 6.32. The molecule has 4 rings (SSSR count). The first kappa shape index (κ1) is 24.2. The van der Waals surface area contributed by atoms with Gasteiger partial charge in [0.05, 0.1) is 11.1 Å². The lowest BCUT2D eigenvalue weighted by Crippen LogP contribution is -2.43. The summed E-state index contributed by atoms with van der Waals surface area (Å²) in [5.74, 6) is -0.419. The number of amides is 1. The molecule has 0 saturated carbocycles. The Morgan fingerprint density at radius 3 is 2.38 bits per heavy atom. The molecule has 178 valence electrons. The highest BCUT2D eigenvalue weighted by atomic mass is 35.5. The van der Waals surface area contributed by atoms with Gasteiger partial charge in [0.1, 0.15) is 24.0 Å². The van der Waals surface area contributed by atoms with E-state index < -0.39 is 11.9 Å². The molecule has 0 aromatic heterocycles. The second kappa shape index (κ2) is 11.4. The van der Waals surface area contributed by atoms with Gasteiger partial charge in [0, 0.05) is 18.0 Å². The van der Waals surface area contributed by atoms with Crippen molar-refractivity contribution in [2.24, 2.45) is 5.92 Å². The van der Waals surface area contributed by atoms with Gasteiger partial charge in [-0.3, -0.25) is 9.69 Å². The molecule has 1 saturated heterocycles. The lowest BCUT2D eigenvalue weighted by Gasteiger charge is -2.32. The lowest BCUT2D eigenvalue weighted by atomic mass is 9.93. The number of carbonyl (C=O) groups excluding carboxylic acids is 1. The summed E-state index contributed by atoms with van der Waals surface area (Å²) < 4.78 is 33.8. The highest BCUT2D eigenvalue weighted by Gasteiger charge is 2.28. The number of para-hydroxylation sites is 1. The van der Waals surface area contributed by atoms with E-state index in [0.29, 0.717) is 41.3 Å². The van der Waals surface area contributed by atoms with Crippen molar-refractivity contribution in [2.45, 2.75) is 18.9 Å². The topological polar surface area (TPSA) is 41.6 Å². The van der Waals surface area contributed by atoms with Gasteiger partial charge in [-0.2, -0.15) is 0 Å². The van der Waals surface area contributed by atoms with Gasteiger partial charge in [0.25, 0.3) is 0 Å². The molecule has 1 fully saturated rings. The lowest BCUT2D eigenvalue weighted by molar-refractivity contribution is -0.127. The van der Waals surface area contributed by atoms with Gasteiger partial charge < -0.3 is 10.1 Å². The average molecular weight is 485 g/mol. The number of benzene rings is 3. The van der Waals surface area contributed by atoms with Crippen LogP contribution in [0.2, 0.25) is 5.02 Å². The normalized spacial score (nSPS) is 15.6. The molecular formula is C27H27ClF2N2O2. The van der Waals surface area contributed by atoms with Gasteiger partial charge in [0.2, 0.25) is 5.91 Å². The third-order valence-electron chi connectivity index (χ3n) is 6.17. The fraction of sp³-hybridized carbons (Fsp3) is 0.296. The zero-order valence-corrected chi connectivity index (χ0v) is 19.5. The number of likely N-dealkylation sites (tertiary alicyclic amines) is 1.